The first kappa shape index (κ1) is 21.0. The Morgan fingerprint density at radius 1 is 1.29 bits per heavy atom. The Hall–Kier alpha value is -3.30. The van der Waals surface area contributed by atoms with Crippen LogP contribution in [0.2, 0.25) is 0 Å². The molecule has 0 aliphatic rings. The second-order valence-electron chi connectivity index (χ2n) is 4.93. The van der Waals surface area contributed by atoms with Gasteiger partial charge in [0, 0.05) is 0 Å². The smallest absolute Gasteiger partial charge is 0.450 e. The maximum atomic E-state index is 13.1. The fraction of sp³-hybridized carbons (Fsp3) is 0.333. The quantitative estimate of drug-likeness (QED) is 0.650. The van der Waals surface area contributed by atoms with Gasteiger partial charge in [-0.25, -0.2) is 27.5 Å². The van der Waals surface area contributed by atoms with Crippen molar-refractivity contribution < 1.29 is 45.2 Å². The number of esters is 1. The monoisotopic (exact) mass is 428 g/mol. The van der Waals surface area contributed by atoms with Gasteiger partial charge < -0.3 is 14.0 Å². The van der Waals surface area contributed by atoms with E-state index in [0.717, 1.165) is 14.2 Å². The van der Waals surface area contributed by atoms with Crippen molar-refractivity contribution in [2.45, 2.75) is 18.0 Å². The first-order valence-corrected chi connectivity index (χ1v) is 8.40. The van der Waals surface area contributed by atoms with Gasteiger partial charge in [-0.2, -0.15) is 13.2 Å². The molecule has 2 rings (SSSR count). The summed E-state index contributed by atoms with van der Waals surface area (Å²) in [7, 11) is -3.51. The van der Waals surface area contributed by atoms with Crippen LogP contribution in [-0.2, 0) is 20.9 Å². The molecule has 0 spiro atoms. The lowest BCUT2D eigenvalue weighted by Gasteiger charge is -2.09. The highest BCUT2D eigenvalue weighted by molar-refractivity contribution is 7.90. The van der Waals surface area contributed by atoms with E-state index in [-0.39, 0.29) is 16.8 Å². The highest BCUT2D eigenvalue weighted by Gasteiger charge is 2.45. The summed E-state index contributed by atoms with van der Waals surface area (Å²) >= 11 is 0. The lowest BCUT2D eigenvalue weighted by molar-refractivity contribution is -0.155. The molecule has 0 aromatic carbocycles. The van der Waals surface area contributed by atoms with E-state index in [1.54, 1.807) is 0 Å². The van der Waals surface area contributed by atoms with Gasteiger partial charge >= 0.3 is 23.9 Å². The number of aromatic nitrogens is 3. The summed E-state index contributed by atoms with van der Waals surface area (Å²) in [5, 5.41) is 3.42. The number of nitrogens with zero attached hydrogens (tertiary/aromatic N) is 3. The zero-order chi connectivity index (χ0) is 21.4. The summed E-state index contributed by atoms with van der Waals surface area (Å²) in [5.74, 6) is -3.70. The molecule has 0 radical (unpaired) electrons. The molecule has 0 atom stereocenters. The second kappa shape index (κ2) is 7.02. The van der Waals surface area contributed by atoms with Crippen molar-refractivity contribution in [1.82, 2.24) is 19.2 Å². The van der Waals surface area contributed by atoms with Crippen molar-refractivity contribution in [2.24, 2.45) is 0 Å². The van der Waals surface area contributed by atoms with E-state index in [4.69, 9.17) is 0 Å². The number of furan rings is 1. The van der Waals surface area contributed by atoms with Crippen LogP contribution in [0.4, 0.5) is 18.0 Å². The fourth-order valence-electron chi connectivity index (χ4n) is 2.06. The molecule has 154 valence electrons. The topological polar surface area (TPSA) is 152 Å². The molecule has 0 fully saturated rings. The summed E-state index contributed by atoms with van der Waals surface area (Å²) in [4.78, 5) is 38.5. The number of halogens is 3. The van der Waals surface area contributed by atoms with E-state index in [2.05, 4.69) is 19.1 Å². The van der Waals surface area contributed by atoms with E-state index in [9.17, 15) is 36.0 Å². The zero-order valence-corrected chi connectivity index (χ0v) is 15.0. The largest absolute Gasteiger partial charge is 0.465 e. The number of alkyl halides is 3. The summed E-state index contributed by atoms with van der Waals surface area (Å²) in [5.41, 5.74) is -2.34. The molecule has 2 aromatic rings. The van der Waals surface area contributed by atoms with E-state index in [1.165, 1.54) is 11.6 Å². The van der Waals surface area contributed by atoms with Crippen molar-refractivity contribution in [3.63, 3.8) is 0 Å². The van der Waals surface area contributed by atoms with Gasteiger partial charge in [0.05, 0.1) is 7.11 Å². The average molecular weight is 428 g/mol. The number of nitrogens with one attached hydrogen (secondary N) is 1. The van der Waals surface area contributed by atoms with E-state index >= 15 is 0 Å². The Balaban J connectivity index is 2.56. The summed E-state index contributed by atoms with van der Waals surface area (Å²) in [6.45, 7) is 1.23. The van der Waals surface area contributed by atoms with Crippen LogP contribution < -0.4 is 15.2 Å². The van der Waals surface area contributed by atoms with Crippen LogP contribution in [0.15, 0.2) is 20.4 Å². The Morgan fingerprint density at radius 3 is 2.36 bits per heavy atom. The van der Waals surface area contributed by atoms with Crippen LogP contribution in [0.1, 0.15) is 21.9 Å². The molecule has 0 saturated heterocycles. The zero-order valence-electron chi connectivity index (χ0n) is 14.2. The molecule has 28 heavy (non-hydrogen) atoms. The van der Waals surface area contributed by atoms with Crippen LogP contribution in [-0.4, -0.2) is 49.1 Å². The molecule has 1 N–H and O–H groups in total. The summed E-state index contributed by atoms with van der Waals surface area (Å²) in [6.07, 6.45) is -5.12. The van der Waals surface area contributed by atoms with Crippen LogP contribution in [0.5, 0.6) is 0 Å². The highest BCUT2D eigenvalue weighted by atomic mass is 32.2. The van der Waals surface area contributed by atoms with Crippen molar-refractivity contribution in [3.05, 3.63) is 33.9 Å². The standard InChI is InChI=1S/C12H11F3N4O8S/c1-5-16-18(11(22)19(5)26-3)10(21)17-28(23,24)7-6(9(20)25-2)4-27-8(7)12(13,14)15/h4H,1-3H3,(H,17,21). The fourth-order valence-corrected chi connectivity index (χ4v) is 3.31. The normalized spacial score (nSPS) is 11.9. The van der Waals surface area contributed by atoms with Gasteiger partial charge in [0.15, 0.2) is 10.7 Å². The number of carbonyl (C=O) groups excluding carboxylic acids is 2. The van der Waals surface area contributed by atoms with E-state index in [0.29, 0.717) is 4.73 Å². The van der Waals surface area contributed by atoms with Crippen molar-refractivity contribution in [1.29, 1.82) is 0 Å². The number of carbonyl (C=O) groups is 2. The van der Waals surface area contributed by atoms with Gasteiger partial charge in [-0.15, -0.1) is 14.5 Å². The van der Waals surface area contributed by atoms with E-state index < -0.39 is 50.1 Å². The number of hydrogen-bond acceptors (Lipinski definition) is 9. The molecular weight excluding hydrogens is 417 g/mol. The number of methoxy groups -OCH3 is 1. The third kappa shape index (κ3) is 3.57. The number of rotatable bonds is 4. The first-order valence-electron chi connectivity index (χ1n) is 6.92. The molecule has 0 saturated carbocycles. The van der Waals surface area contributed by atoms with Crippen LogP contribution >= 0.6 is 0 Å². The number of ether oxygens (including phenoxy) is 1. The number of amides is 1. The maximum absolute atomic E-state index is 13.1. The minimum atomic E-state index is -5.35. The molecule has 2 heterocycles. The first-order chi connectivity index (χ1) is 12.8. The lowest BCUT2D eigenvalue weighted by atomic mass is 10.3. The van der Waals surface area contributed by atoms with Crippen LogP contribution in [0.3, 0.4) is 0 Å². The van der Waals surface area contributed by atoms with Crippen molar-refractivity contribution in [3.8, 4) is 0 Å². The molecule has 2 aromatic heterocycles. The molecule has 0 bridgehead atoms. The predicted molar refractivity (Wildman–Crippen MR) is 79.9 cm³/mol. The molecular formula is C12H11F3N4O8S. The Morgan fingerprint density at radius 2 is 1.89 bits per heavy atom. The second-order valence-corrected chi connectivity index (χ2v) is 6.55. The molecule has 1 amide bonds. The number of aryl methyl sites for hydroxylation is 1. The van der Waals surface area contributed by atoms with Gasteiger partial charge in [0.1, 0.15) is 18.9 Å². The lowest BCUT2D eigenvalue weighted by Crippen LogP contribution is -2.42. The summed E-state index contributed by atoms with van der Waals surface area (Å²) < 4.78 is 74.1. The highest BCUT2D eigenvalue weighted by Crippen LogP contribution is 2.37. The van der Waals surface area contributed by atoms with Crippen molar-refractivity contribution in [2.75, 3.05) is 14.2 Å². The van der Waals surface area contributed by atoms with Crippen LogP contribution in [0, 0.1) is 6.92 Å². The molecule has 0 aliphatic carbocycles. The Kier molecular flexibility index (Phi) is 5.27. The third-order valence-corrected chi connectivity index (χ3v) is 4.55. The van der Waals surface area contributed by atoms with Gasteiger partial charge in [-0.05, 0) is 6.92 Å². The van der Waals surface area contributed by atoms with Gasteiger partial charge in [-0.1, -0.05) is 0 Å². The molecule has 0 aliphatic heterocycles. The SMILES string of the molecule is COC(=O)c1coc(C(F)(F)F)c1S(=O)(=O)NC(=O)n1nc(C)n(OC)c1=O. The van der Waals surface area contributed by atoms with Gasteiger partial charge in [-0.3, -0.25) is 0 Å². The molecule has 0 unspecified atom stereocenters. The third-order valence-electron chi connectivity index (χ3n) is 3.17. The Bertz CT molecular complexity index is 1100. The summed E-state index contributed by atoms with van der Waals surface area (Å²) in [6, 6.07) is -1.73. The maximum Gasteiger partial charge on any atom is 0.450 e. The predicted octanol–water partition coefficient (Wildman–Crippen LogP) is -0.243. The molecule has 12 nitrogen and oxygen atoms in total. The van der Waals surface area contributed by atoms with Crippen molar-refractivity contribution >= 4 is 22.0 Å². The number of hydrogen-bond donors (Lipinski definition) is 1. The van der Waals surface area contributed by atoms with Gasteiger partial charge in [0.2, 0.25) is 5.76 Å². The average Bonchev–Trinajstić information content (AvgIpc) is 3.15. The van der Waals surface area contributed by atoms with Gasteiger partial charge in [0.25, 0.3) is 10.0 Å². The Labute approximate surface area is 153 Å². The van der Waals surface area contributed by atoms with Crippen LogP contribution in [0.25, 0.3) is 0 Å². The minimum Gasteiger partial charge on any atom is -0.465 e. The molecule has 16 heteroatoms. The number of sulfonamides is 1. The van der Waals surface area contributed by atoms with E-state index in [1.807, 2.05) is 0 Å². The minimum absolute atomic E-state index is 0.00153.